The molecule has 0 radical (unpaired) electrons. The summed E-state index contributed by atoms with van der Waals surface area (Å²) in [4.78, 5) is 12.2. The molecule has 5 aliphatic carbocycles. The van der Waals surface area contributed by atoms with Crippen LogP contribution in [0.15, 0.2) is 72.2 Å². The van der Waals surface area contributed by atoms with Gasteiger partial charge in [0.15, 0.2) is 0 Å². The van der Waals surface area contributed by atoms with Crippen LogP contribution in [0.3, 0.4) is 0 Å². The number of carboxylic acid groups (broad SMARTS) is 1. The predicted molar refractivity (Wildman–Crippen MR) is 117 cm³/mol. The molecule has 3 saturated carbocycles. The predicted octanol–water partition coefficient (Wildman–Crippen LogP) is 4.62. The highest BCUT2D eigenvalue weighted by molar-refractivity contribution is 5.89. The maximum atomic E-state index is 12.2. The number of ether oxygens (including phenoxy) is 1. The fourth-order valence-electron chi connectivity index (χ4n) is 8.56. The number of hydrogen-bond acceptors (Lipinski definition) is 4. The molecular weight excluding hydrogens is 404 g/mol. The second-order valence-electron chi connectivity index (χ2n) is 10.4. The molecule has 0 aromatic heterocycles. The van der Waals surface area contributed by atoms with Crippen LogP contribution in [0.5, 0.6) is 0 Å². The first-order valence-corrected chi connectivity index (χ1v) is 11.7. The van der Waals surface area contributed by atoms with E-state index in [1.807, 2.05) is 30.4 Å². The molecule has 6 bridgehead atoms. The molecule has 2 saturated heterocycles. The van der Waals surface area contributed by atoms with Gasteiger partial charge < -0.3 is 20.1 Å². The first kappa shape index (κ1) is 18.8. The molecule has 164 valence electrons. The highest BCUT2D eigenvalue weighted by Crippen LogP contribution is 2.70. The van der Waals surface area contributed by atoms with E-state index in [0.29, 0.717) is 29.1 Å². The van der Waals surface area contributed by atoms with Crippen LogP contribution in [0, 0.1) is 47.3 Å². The summed E-state index contributed by atoms with van der Waals surface area (Å²) in [5.74, 6) is 1.56. The number of aliphatic hydroxyl groups is 2. The molecule has 5 nitrogen and oxygen atoms in total. The van der Waals surface area contributed by atoms with E-state index in [9.17, 15) is 20.1 Å². The van der Waals surface area contributed by atoms with Crippen LogP contribution >= 0.6 is 0 Å². The Hall–Kier alpha value is -2.79. The average Bonchev–Trinajstić information content (AvgIpc) is 3.04. The molecule has 7 aliphatic rings. The molecule has 2 aliphatic heterocycles. The van der Waals surface area contributed by atoms with Crippen molar-refractivity contribution < 1.29 is 24.9 Å². The van der Waals surface area contributed by atoms with E-state index in [0.717, 1.165) is 12.0 Å². The Kier molecular flexibility index (Phi) is 3.74. The number of carbonyl (C=O) groups is 1. The van der Waals surface area contributed by atoms with Crippen LogP contribution < -0.4 is 0 Å². The lowest BCUT2D eigenvalue weighted by Gasteiger charge is -2.49. The lowest BCUT2D eigenvalue weighted by molar-refractivity contribution is -0.0963. The number of aliphatic hydroxyl groups excluding tert-OH is 2. The van der Waals surface area contributed by atoms with Gasteiger partial charge in [0.2, 0.25) is 0 Å². The summed E-state index contributed by atoms with van der Waals surface area (Å²) in [6, 6.07) is 7.44. The lowest BCUT2D eigenvalue weighted by Crippen LogP contribution is -2.45. The van der Waals surface area contributed by atoms with Crippen LogP contribution in [0.4, 0.5) is 0 Å². The Bertz CT molecular complexity index is 1130. The molecule has 5 fully saturated rings. The van der Waals surface area contributed by atoms with E-state index in [1.165, 1.54) is 0 Å². The van der Waals surface area contributed by atoms with Crippen LogP contribution in [0.25, 0.3) is 0 Å². The maximum absolute atomic E-state index is 12.2. The van der Waals surface area contributed by atoms with Crippen molar-refractivity contribution in [3.63, 3.8) is 0 Å². The summed E-state index contributed by atoms with van der Waals surface area (Å²) in [6.45, 7) is 0. The highest BCUT2D eigenvalue weighted by atomic mass is 16.5. The van der Waals surface area contributed by atoms with Gasteiger partial charge in [0.1, 0.15) is 11.5 Å². The molecule has 0 spiro atoms. The minimum absolute atomic E-state index is 0.0165. The van der Waals surface area contributed by atoms with Crippen molar-refractivity contribution in [2.24, 2.45) is 47.3 Å². The van der Waals surface area contributed by atoms with Crippen LogP contribution in [0.2, 0.25) is 0 Å². The summed E-state index contributed by atoms with van der Waals surface area (Å²) in [7, 11) is 0. The summed E-state index contributed by atoms with van der Waals surface area (Å²) in [6.07, 6.45) is 12.9. The van der Waals surface area contributed by atoms with Gasteiger partial charge in [0.05, 0.1) is 17.8 Å². The number of allylic oxidation sites excluding steroid dienone is 4. The first-order valence-electron chi connectivity index (χ1n) is 11.7. The quantitative estimate of drug-likeness (QED) is 0.637. The Morgan fingerprint density at radius 2 is 1.59 bits per heavy atom. The van der Waals surface area contributed by atoms with Crippen molar-refractivity contribution in [3.05, 3.63) is 83.4 Å². The summed E-state index contributed by atoms with van der Waals surface area (Å²) < 4.78 is 6.76. The van der Waals surface area contributed by atoms with Gasteiger partial charge in [0, 0.05) is 11.8 Å². The van der Waals surface area contributed by atoms with E-state index >= 15 is 0 Å². The van der Waals surface area contributed by atoms with Gasteiger partial charge >= 0.3 is 5.97 Å². The third-order valence-electron chi connectivity index (χ3n) is 9.32. The van der Waals surface area contributed by atoms with Gasteiger partial charge in [0.25, 0.3) is 0 Å². The average molecular weight is 431 g/mol. The number of carboxylic acids is 1. The monoisotopic (exact) mass is 430 g/mol. The van der Waals surface area contributed by atoms with Gasteiger partial charge in [-0.2, -0.15) is 0 Å². The minimum atomic E-state index is -0.896. The Morgan fingerprint density at radius 1 is 0.875 bits per heavy atom. The summed E-state index contributed by atoms with van der Waals surface area (Å²) in [5.41, 5.74) is 1.26. The zero-order chi connectivity index (χ0) is 21.7. The molecule has 1 aromatic rings. The van der Waals surface area contributed by atoms with Crippen molar-refractivity contribution in [1.82, 2.24) is 0 Å². The van der Waals surface area contributed by atoms with Gasteiger partial charge in [-0.15, -0.1) is 0 Å². The molecule has 0 amide bonds. The van der Waals surface area contributed by atoms with Crippen LogP contribution in [-0.4, -0.2) is 33.5 Å². The van der Waals surface area contributed by atoms with Crippen molar-refractivity contribution >= 4 is 5.97 Å². The molecule has 11 atom stereocenters. The smallest absolute Gasteiger partial charge is 0.335 e. The van der Waals surface area contributed by atoms with Crippen LogP contribution in [0.1, 0.15) is 28.3 Å². The standard InChI is InChI=1S/C27H26O5/c28-12-5-7-15-18(9-12)21-11-19-22-17-8-6-13(29)10-20(22)26(32-21)25(19)24(15)23(17)14-3-1-2-4-16(14)27(30)31/h1-10,15,17-26,28-29H,11H2,(H,30,31)/t15?,17?,18?,19?,20?,21-,22?,23?,24-,25?,26?/m0/s1. The Morgan fingerprint density at radius 3 is 2.38 bits per heavy atom. The van der Waals surface area contributed by atoms with E-state index in [4.69, 9.17) is 4.74 Å². The van der Waals surface area contributed by atoms with Gasteiger partial charge in [-0.25, -0.2) is 4.79 Å². The van der Waals surface area contributed by atoms with Gasteiger partial charge in [-0.1, -0.05) is 30.4 Å². The van der Waals surface area contributed by atoms with Gasteiger partial charge in [-0.3, -0.25) is 0 Å². The minimum Gasteiger partial charge on any atom is -0.508 e. The summed E-state index contributed by atoms with van der Waals surface area (Å²) in [5, 5.41) is 30.9. The number of hydrogen-bond donors (Lipinski definition) is 3. The molecule has 8 rings (SSSR count). The maximum Gasteiger partial charge on any atom is 0.335 e. The fourth-order valence-corrected chi connectivity index (χ4v) is 8.56. The Balaban J connectivity index is 1.49. The Labute approximate surface area is 186 Å². The highest BCUT2D eigenvalue weighted by Gasteiger charge is 2.69. The fraction of sp³-hybridized carbons (Fsp3) is 0.444. The zero-order valence-electron chi connectivity index (χ0n) is 17.5. The van der Waals surface area contributed by atoms with Crippen LogP contribution in [-0.2, 0) is 4.74 Å². The zero-order valence-corrected chi connectivity index (χ0v) is 17.5. The number of benzene rings is 1. The lowest BCUT2D eigenvalue weighted by atomic mass is 9.55. The topological polar surface area (TPSA) is 87.0 Å². The van der Waals surface area contributed by atoms with E-state index in [1.54, 1.807) is 18.2 Å². The molecule has 1 aromatic carbocycles. The van der Waals surface area contributed by atoms with Crippen molar-refractivity contribution in [3.8, 4) is 0 Å². The summed E-state index contributed by atoms with van der Waals surface area (Å²) >= 11 is 0. The van der Waals surface area contributed by atoms with Crippen molar-refractivity contribution in [2.45, 2.75) is 24.5 Å². The van der Waals surface area contributed by atoms with Crippen molar-refractivity contribution in [2.75, 3.05) is 0 Å². The third kappa shape index (κ3) is 2.30. The molecule has 3 N–H and O–H groups in total. The second-order valence-corrected chi connectivity index (χ2v) is 10.4. The molecule has 2 heterocycles. The number of rotatable bonds is 2. The van der Waals surface area contributed by atoms with E-state index < -0.39 is 5.97 Å². The molecular formula is C27H26O5. The van der Waals surface area contributed by atoms with Crippen molar-refractivity contribution in [1.29, 1.82) is 0 Å². The first-order chi connectivity index (χ1) is 15.5. The largest absolute Gasteiger partial charge is 0.508 e. The third-order valence-corrected chi connectivity index (χ3v) is 9.32. The van der Waals surface area contributed by atoms with Gasteiger partial charge in [-0.05, 0) is 83.8 Å². The normalized spacial score (nSPS) is 46.8. The van der Waals surface area contributed by atoms with E-state index in [-0.39, 0.29) is 53.5 Å². The molecule has 5 heteroatoms. The molecule has 9 unspecified atom stereocenters. The number of aromatic carboxylic acids is 1. The SMILES string of the molecule is O=C(O)c1ccccc1C1C2C=CC(O)=CC3C4O[C@H]5CC(C32)C4[C@H]1C1C=CC(O)=CC15. The van der Waals surface area contributed by atoms with E-state index in [2.05, 4.69) is 12.2 Å². The molecule has 32 heavy (non-hydrogen) atoms. The second kappa shape index (κ2) is 6.38.